The summed E-state index contributed by atoms with van der Waals surface area (Å²) in [4.78, 5) is 19.9. The molecule has 0 spiro atoms. The van der Waals surface area contributed by atoms with E-state index in [-0.39, 0.29) is 11.2 Å². The molecule has 0 fully saturated rings. The number of thioether (sulfide) groups is 1. The van der Waals surface area contributed by atoms with Crippen LogP contribution in [0.5, 0.6) is 5.75 Å². The summed E-state index contributed by atoms with van der Waals surface area (Å²) >= 11 is 1.65. The number of nitrogens with one attached hydrogen (secondary N) is 1. The van der Waals surface area contributed by atoms with Gasteiger partial charge in [-0.25, -0.2) is 0 Å². The van der Waals surface area contributed by atoms with E-state index in [1.54, 1.807) is 18.9 Å². The minimum Gasteiger partial charge on any atom is -0.495 e. The van der Waals surface area contributed by atoms with Crippen molar-refractivity contribution in [3.05, 3.63) is 48.0 Å². The Labute approximate surface area is 157 Å². The lowest BCUT2D eigenvalue weighted by Crippen LogP contribution is -2.34. The van der Waals surface area contributed by atoms with Crippen molar-refractivity contribution in [3.8, 4) is 17.0 Å². The molecule has 134 valence electrons. The third-order valence-corrected chi connectivity index (χ3v) is 6.30. The van der Waals surface area contributed by atoms with E-state index in [2.05, 4.69) is 23.2 Å². The van der Waals surface area contributed by atoms with Gasteiger partial charge < -0.3 is 14.6 Å². The van der Waals surface area contributed by atoms with E-state index in [1.165, 1.54) is 0 Å². The van der Waals surface area contributed by atoms with Crippen LogP contribution in [0.25, 0.3) is 22.2 Å². The maximum atomic E-state index is 13.3. The molecule has 0 aliphatic carbocycles. The summed E-state index contributed by atoms with van der Waals surface area (Å²) in [6, 6.07) is 14.3. The molecular formula is C21H22N2O2S. The highest BCUT2D eigenvalue weighted by atomic mass is 32.2. The van der Waals surface area contributed by atoms with Gasteiger partial charge in [-0.1, -0.05) is 30.3 Å². The van der Waals surface area contributed by atoms with E-state index in [0.29, 0.717) is 0 Å². The van der Waals surface area contributed by atoms with E-state index in [0.717, 1.165) is 51.5 Å². The minimum absolute atomic E-state index is 0.166. The molecule has 1 N–H and O–H groups in total. The van der Waals surface area contributed by atoms with Crippen LogP contribution in [0, 0.1) is 0 Å². The van der Waals surface area contributed by atoms with E-state index in [4.69, 9.17) is 4.74 Å². The van der Waals surface area contributed by atoms with Gasteiger partial charge in [-0.05, 0) is 26.0 Å². The maximum absolute atomic E-state index is 13.3. The third kappa shape index (κ3) is 2.50. The molecule has 3 aromatic rings. The number of likely N-dealkylation sites (N-methyl/N-ethyl adjacent to an activating group) is 1. The number of hydrogen-bond acceptors (Lipinski definition) is 3. The van der Waals surface area contributed by atoms with Gasteiger partial charge in [-0.2, -0.15) is 0 Å². The normalized spacial score (nSPS) is 15.4. The SMILES string of the molecule is CCN(CC)C(=O)C1Sc2ccccc2-c2[nH]c3c(OC)cccc3c21. The monoisotopic (exact) mass is 366 g/mol. The zero-order chi connectivity index (χ0) is 18.3. The number of aromatic nitrogens is 1. The molecule has 1 aliphatic heterocycles. The summed E-state index contributed by atoms with van der Waals surface area (Å²) in [6.07, 6.45) is 0. The third-order valence-electron chi connectivity index (χ3n) is 5.02. The Morgan fingerprint density at radius 1 is 1.15 bits per heavy atom. The lowest BCUT2D eigenvalue weighted by molar-refractivity contribution is -0.130. The van der Waals surface area contributed by atoms with Crippen LogP contribution in [0.1, 0.15) is 24.7 Å². The van der Waals surface area contributed by atoms with Crippen molar-refractivity contribution >= 4 is 28.6 Å². The number of ether oxygens (including phenoxy) is 1. The van der Waals surface area contributed by atoms with E-state index >= 15 is 0 Å². The number of benzene rings is 2. The Kier molecular flexibility index (Phi) is 4.41. The van der Waals surface area contributed by atoms with Gasteiger partial charge >= 0.3 is 0 Å². The molecule has 26 heavy (non-hydrogen) atoms. The standard InChI is InChI=1S/C21H22N2O2S/c1-4-23(5-2)21(24)20-17-14-10-8-11-15(25-3)18(14)22-19(17)13-9-6-7-12-16(13)26-20/h6-12,20,22H,4-5H2,1-3H3. The highest BCUT2D eigenvalue weighted by molar-refractivity contribution is 8.00. The van der Waals surface area contributed by atoms with Crippen LogP contribution >= 0.6 is 11.8 Å². The van der Waals surface area contributed by atoms with Crippen LogP contribution in [0.2, 0.25) is 0 Å². The second-order valence-corrected chi connectivity index (χ2v) is 7.45. The van der Waals surface area contributed by atoms with Crippen LogP contribution < -0.4 is 4.74 Å². The lowest BCUT2D eigenvalue weighted by Gasteiger charge is -2.29. The first kappa shape index (κ1) is 17.0. The molecule has 0 saturated heterocycles. The van der Waals surface area contributed by atoms with Crippen molar-refractivity contribution in [1.82, 2.24) is 9.88 Å². The Bertz CT molecular complexity index is 975. The molecule has 2 aromatic carbocycles. The smallest absolute Gasteiger partial charge is 0.240 e. The van der Waals surface area contributed by atoms with Gasteiger partial charge in [-0.15, -0.1) is 11.8 Å². The van der Waals surface area contributed by atoms with E-state index in [1.807, 2.05) is 43.0 Å². The number of carbonyl (C=O) groups is 1. The summed E-state index contributed by atoms with van der Waals surface area (Å²) < 4.78 is 5.55. The lowest BCUT2D eigenvalue weighted by atomic mass is 10.0. The molecular weight excluding hydrogens is 344 g/mol. The van der Waals surface area contributed by atoms with E-state index < -0.39 is 0 Å². The Morgan fingerprint density at radius 3 is 2.65 bits per heavy atom. The largest absolute Gasteiger partial charge is 0.495 e. The van der Waals surface area contributed by atoms with Gasteiger partial charge in [0.05, 0.1) is 18.3 Å². The topological polar surface area (TPSA) is 45.3 Å². The molecule has 4 nitrogen and oxygen atoms in total. The highest BCUT2D eigenvalue weighted by Gasteiger charge is 2.35. The number of hydrogen-bond donors (Lipinski definition) is 1. The Hall–Kier alpha value is -2.40. The van der Waals surface area contributed by atoms with Crippen LogP contribution in [-0.4, -0.2) is 36.0 Å². The molecule has 1 amide bonds. The summed E-state index contributed by atoms with van der Waals surface area (Å²) in [6.45, 7) is 5.49. The summed E-state index contributed by atoms with van der Waals surface area (Å²) in [5.41, 5.74) is 4.20. The molecule has 1 atom stereocenters. The van der Waals surface area contributed by atoms with Gasteiger partial charge in [-0.3, -0.25) is 4.79 Å². The molecule has 0 bridgehead atoms. The average molecular weight is 366 g/mol. The molecule has 1 aromatic heterocycles. The first-order valence-electron chi connectivity index (χ1n) is 8.93. The zero-order valence-electron chi connectivity index (χ0n) is 15.2. The number of fused-ring (bicyclic) bond motifs is 5. The predicted molar refractivity (Wildman–Crippen MR) is 107 cm³/mol. The van der Waals surface area contributed by atoms with Crippen LogP contribution in [-0.2, 0) is 4.79 Å². The van der Waals surface area contributed by atoms with Crippen LogP contribution in [0.15, 0.2) is 47.4 Å². The summed E-state index contributed by atoms with van der Waals surface area (Å²) in [5, 5.41) is 0.813. The molecule has 0 radical (unpaired) electrons. The molecule has 4 rings (SSSR count). The Morgan fingerprint density at radius 2 is 1.92 bits per heavy atom. The first-order chi connectivity index (χ1) is 12.7. The predicted octanol–water partition coefficient (Wildman–Crippen LogP) is 4.86. The highest BCUT2D eigenvalue weighted by Crippen LogP contribution is 2.52. The number of para-hydroxylation sites is 1. The molecule has 1 unspecified atom stereocenters. The summed E-state index contributed by atoms with van der Waals surface area (Å²) in [5.74, 6) is 0.966. The number of carbonyl (C=O) groups excluding carboxylic acids is 1. The second-order valence-electron chi connectivity index (χ2n) is 6.30. The zero-order valence-corrected chi connectivity index (χ0v) is 16.0. The number of amides is 1. The van der Waals surface area contributed by atoms with Crippen LogP contribution in [0.3, 0.4) is 0 Å². The number of aromatic amines is 1. The van der Waals surface area contributed by atoms with Crippen molar-refractivity contribution in [1.29, 1.82) is 0 Å². The molecule has 5 heteroatoms. The van der Waals surface area contributed by atoms with Gasteiger partial charge in [0.2, 0.25) is 5.91 Å². The number of rotatable bonds is 4. The maximum Gasteiger partial charge on any atom is 0.240 e. The number of methoxy groups -OCH3 is 1. The van der Waals surface area contributed by atoms with E-state index in [9.17, 15) is 4.79 Å². The van der Waals surface area contributed by atoms with Crippen molar-refractivity contribution < 1.29 is 9.53 Å². The minimum atomic E-state index is -0.249. The van der Waals surface area contributed by atoms with Gasteiger partial charge in [0.15, 0.2) is 0 Å². The second kappa shape index (κ2) is 6.72. The van der Waals surface area contributed by atoms with Crippen LogP contribution in [0.4, 0.5) is 0 Å². The molecule has 1 aliphatic rings. The first-order valence-corrected chi connectivity index (χ1v) is 9.80. The van der Waals surface area contributed by atoms with Gasteiger partial charge in [0, 0.05) is 34.5 Å². The van der Waals surface area contributed by atoms with Gasteiger partial charge in [0.1, 0.15) is 11.0 Å². The van der Waals surface area contributed by atoms with Crippen molar-refractivity contribution in [2.24, 2.45) is 0 Å². The fourth-order valence-corrected chi connectivity index (χ4v) is 5.02. The quantitative estimate of drug-likeness (QED) is 0.717. The van der Waals surface area contributed by atoms with Crippen molar-refractivity contribution in [2.45, 2.75) is 24.0 Å². The fraction of sp³-hybridized carbons (Fsp3) is 0.286. The van der Waals surface area contributed by atoms with Gasteiger partial charge in [0.25, 0.3) is 0 Å². The summed E-state index contributed by atoms with van der Waals surface area (Å²) in [7, 11) is 1.68. The molecule has 0 saturated carbocycles. The number of nitrogens with zero attached hydrogens (tertiary/aromatic N) is 1. The average Bonchev–Trinajstić information content (AvgIpc) is 3.08. The number of H-pyrrole nitrogens is 1. The Balaban J connectivity index is 1.98. The molecule has 2 heterocycles. The van der Waals surface area contributed by atoms with Crippen molar-refractivity contribution in [3.63, 3.8) is 0 Å². The van der Waals surface area contributed by atoms with Crippen molar-refractivity contribution in [2.75, 3.05) is 20.2 Å². The fourth-order valence-electron chi connectivity index (χ4n) is 3.70.